The summed E-state index contributed by atoms with van der Waals surface area (Å²) in [5.41, 5.74) is -1.16. The van der Waals surface area contributed by atoms with Gasteiger partial charge < -0.3 is 4.90 Å². The molecule has 0 bridgehead atoms. The van der Waals surface area contributed by atoms with Gasteiger partial charge >= 0.3 is 6.18 Å². The van der Waals surface area contributed by atoms with Crippen LogP contribution in [0.3, 0.4) is 0 Å². The molecule has 178 valence electrons. The molecule has 0 atom stereocenters. The van der Waals surface area contributed by atoms with Gasteiger partial charge in [0.05, 0.1) is 17.8 Å². The number of likely N-dealkylation sites (tertiary alicyclic amines) is 1. The quantitative estimate of drug-likeness (QED) is 0.551. The maximum Gasteiger partial charge on any atom is 0.419 e. The average Bonchev–Trinajstić information content (AvgIpc) is 2.67. The van der Waals surface area contributed by atoms with Gasteiger partial charge in [0.25, 0.3) is 0 Å². The van der Waals surface area contributed by atoms with Crippen LogP contribution in [0.5, 0.6) is 0 Å². The molecule has 0 spiro atoms. The van der Waals surface area contributed by atoms with Crippen molar-refractivity contribution in [1.29, 1.82) is 0 Å². The summed E-state index contributed by atoms with van der Waals surface area (Å²) in [5.74, 6) is -0.318. The Bertz CT molecular complexity index is 704. The van der Waals surface area contributed by atoms with E-state index in [4.69, 9.17) is 0 Å². The molecular weight excluding hydrogens is 457 g/mol. The summed E-state index contributed by atoms with van der Waals surface area (Å²) in [6.07, 6.45) is -1.39. The van der Waals surface area contributed by atoms with E-state index in [1.807, 2.05) is 0 Å². The summed E-state index contributed by atoms with van der Waals surface area (Å²) < 4.78 is 53.2. The van der Waals surface area contributed by atoms with E-state index in [1.54, 1.807) is 11.8 Å². The highest BCUT2D eigenvalue weighted by atomic mass is 35.5. The molecule has 1 aromatic rings. The van der Waals surface area contributed by atoms with Crippen LogP contribution < -0.4 is 4.90 Å². The molecule has 2 aliphatic rings. The Morgan fingerprint density at radius 1 is 1.00 bits per heavy atom. The Morgan fingerprint density at radius 2 is 1.61 bits per heavy atom. The first-order valence-corrected chi connectivity index (χ1v) is 10.3. The number of anilines is 1. The van der Waals surface area contributed by atoms with Gasteiger partial charge in [0.15, 0.2) is 5.82 Å². The highest BCUT2D eigenvalue weighted by molar-refractivity contribution is 5.85. The van der Waals surface area contributed by atoms with E-state index in [0.717, 1.165) is 58.1 Å². The molecule has 0 aromatic heterocycles. The van der Waals surface area contributed by atoms with Crippen molar-refractivity contribution in [2.75, 3.05) is 57.3 Å². The molecule has 0 amide bonds. The molecule has 0 radical (unpaired) electrons. The zero-order valence-electron chi connectivity index (χ0n) is 17.7. The molecule has 2 fully saturated rings. The van der Waals surface area contributed by atoms with E-state index >= 15 is 0 Å². The third kappa shape index (κ3) is 7.77. The predicted octanol–water partition coefficient (Wildman–Crippen LogP) is 4.50. The molecule has 10 heteroatoms. The van der Waals surface area contributed by atoms with Crippen LogP contribution >= 0.6 is 24.8 Å². The monoisotopic (exact) mass is 487 g/mol. The zero-order valence-corrected chi connectivity index (χ0v) is 19.3. The second-order valence-corrected chi connectivity index (χ2v) is 8.18. The minimum absolute atomic E-state index is 0. The number of carbonyl (C=O) groups excluding carboxylic acids is 1. The van der Waals surface area contributed by atoms with Crippen LogP contribution in [-0.4, -0.2) is 67.9 Å². The first kappa shape index (κ1) is 27.9. The molecular formula is C21H31Cl2F4N3O. The van der Waals surface area contributed by atoms with E-state index in [2.05, 4.69) is 9.80 Å². The lowest BCUT2D eigenvalue weighted by Crippen LogP contribution is -2.47. The van der Waals surface area contributed by atoms with Crippen molar-refractivity contribution in [2.24, 2.45) is 5.92 Å². The van der Waals surface area contributed by atoms with Crippen LogP contribution in [0, 0.1) is 11.7 Å². The van der Waals surface area contributed by atoms with Crippen molar-refractivity contribution in [2.45, 2.75) is 32.4 Å². The van der Waals surface area contributed by atoms with Crippen LogP contribution in [0.2, 0.25) is 0 Å². The highest BCUT2D eigenvalue weighted by Gasteiger charge is 2.36. The summed E-state index contributed by atoms with van der Waals surface area (Å²) in [7, 11) is 0. The number of alkyl halides is 3. The van der Waals surface area contributed by atoms with Gasteiger partial charge in [0.2, 0.25) is 0 Å². The summed E-state index contributed by atoms with van der Waals surface area (Å²) in [6.45, 7) is 7.54. The lowest BCUT2D eigenvalue weighted by molar-refractivity contribution is -0.139. The van der Waals surface area contributed by atoms with Crippen molar-refractivity contribution in [3.8, 4) is 0 Å². The molecule has 2 heterocycles. The SMILES string of the molecule is CC(=O)CN1CCC(CCN2CCN(c3cccc(C(F)(F)F)c3F)CC2)CC1.Cl.Cl. The molecule has 3 rings (SSSR count). The number of piperidine rings is 1. The van der Waals surface area contributed by atoms with Crippen LogP contribution in [0.15, 0.2) is 18.2 Å². The van der Waals surface area contributed by atoms with Gasteiger partial charge in [0.1, 0.15) is 5.78 Å². The molecule has 2 aliphatic heterocycles. The summed E-state index contributed by atoms with van der Waals surface area (Å²) in [6, 6.07) is 3.48. The Labute approximate surface area is 193 Å². The predicted molar refractivity (Wildman–Crippen MR) is 119 cm³/mol. The van der Waals surface area contributed by atoms with Gasteiger partial charge in [-0.2, -0.15) is 13.2 Å². The zero-order chi connectivity index (χ0) is 21.0. The smallest absolute Gasteiger partial charge is 0.367 e. The Hall–Kier alpha value is -1.09. The van der Waals surface area contributed by atoms with E-state index in [-0.39, 0.29) is 36.3 Å². The number of hydrogen-bond acceptors (Lipinski definition) is 4. The number of piperazine rings is 1. The van der Waals surface area contributed by atoms with Crippen molar-refractivity contribution < 1.29 is 22.4 Å². The van der Waals surface area contributed by atoms with Crippen LogP contribution in [-0.2, 0) is 11.0 Å². The van der Waals surface area contributed by atoms with Crippen molar-refractivity contribution >= 4 is 36.3 Å². The topological polar surface area (TPSA) is 26.8 Å². The van der Waals surface area contributed by atoms with Gasteiger partial charge in [-0.3, -0.25) is 14.6 Å². The maximum atomic E-state index is 14.4. The summed E-state index contributed by atoms with van der Waals surface area (Å²) in [4.78, 5) is 17.4. The highest BCUT2D eigenvalue weighted by Crippen LogP contribution is 2.35. The summed E-state index contributed by atoms with van der Waals surface area (Å²) in [5, 5.41) is 0. The minimum atomic E-state index is -4.68. The normalized spacial score (nSPS) is 18.9. The van der Waals surface area contributed by atoms with Gasteiger partial charge in [-0.05, 0) is 63.9 Å². The van der Waals surface area contributed by atoms with Crippen LogP contribution in [0.1, 0.15) is 31.7 Å². The lowest BCUT2D eigenvalue weighted by atomic mass is 9.93. The number of carbonyl (C=O) groups is 1. The van der Waals surface area contributed by atoms with Crippen LogP contribution in [0.4, 0.5) is 23.2 Å². The number of rotatable bonds is 6. The van der Waals surface area contributed by atoms with E-state index in [0.29, 0.717) is 25.6 Å². The van der Waals surface area contributed by atoms with Gasteiger partial charge in [0, 0.05) is 26.2 Å². The molecule has 1 aromatic carbocycles. The number of halogens is 6. The standard InChI is InChI=1S/C21H29F4N3O.2ClH/c1-16(29)15-27-9-6-17(7-10-27)5-8-26-11-13-28(14-12-26)19-4-2-3-18(20(19)22)21(23,24)25;;/h2-4,17H,5-15H2,1H3;2*1H. The minimum Gasteiger partial charge on any atom is -0.367 e. The fourth-order valence-corrected chi connectivity index (χ4v) is 4.31. The van der Waals surface area contributed by atoms with Gasteiger partial charge in [-0.25, -0.2) is 4.39 Å². The molecule has 31 heavy (non-hydrogen) atoms. The Kier molecular flexibility index (Phi) is 11.0. The van der Waals surface area contributed by atoms with Crippen molar-refractivity contribution in [3.63, 3.8) is 0 Å². The summed E-state index contributed by atoms with van der Waals surface area (Å²) >= 11 is 0. The first-order valence-electron chi connectivity index (χ1n) is 10.3. The molecule has 0 aliphatic carbocycles. The van der Waals surface area contributed by atoms with Crippen molar-refractivity contribution in [3.05, 3.63) is 29.6 Å². The van der Waals surface area contributed by atoms with Crippen molar-refractivity contribution in [1.82, 2.24) is 9.80 Å². The van der Waals surface area contributed by atoms with E-state index < -0.39 is 17.6 Å². The number of benzene rings is 1. The Morgan fingerprint density at radius 3 is 2.16 bits per heavy atom. The molecule has 0 unspecified atom stereocenters. The number of ketones is 1. The fraction of sp³-hybridized carbons (Fsp3) is 0.667. The molecule has 2 saturated heterocycles. The number of Topliss-reactive ketones (excluding diaryl/α,β-unsaturated/α-hetero) is 1. The second-order valence-electron chi connectivity index (χ2n) is 8.18. The van der Waals surface area contributed by atoms with Crippen LogP contribution in [0.25, 0.3) is 0 Å². The number of hydrogen-bond donors (Lipinski definition) is 0. The third-order valence-electron chi connectivity index (χ3n) is 6.00. The van der Waals surface area contributed by atoms with Gasteiger partial charge in [-0.1, -0.05) is 6.07 Å². The fourth-order valence-electron chi connectivity index (χ4n) is 4.31. The largest absolute Gasteiger partial charge is 0.419 e. The maximum absolute atomic E-state index is 14.4. The third-order valence-corrected chi connectivity index (χ3v) is 6.00. The molecule has 0 N–H and O–H groups in total. The van der Waals surface area contributed by atoms with Gasteiger partial charge in [-0.15, -0.1) is 24.8 Å². The van der Waals surface area contributed by atoms with E-state index in [1.165, 1.54) is 12.1 Å². The molecule has 4 nitrogen and oxygen atoms in total. The van der Waals surface area contributed by atoms with E-state index in [9.17, 15) is 22.4 Å². The number of nitrogens with zero attached hydrogens (tertiary/aromatic N) is 3. The lowest BCUT2D eigenvalue weighted by Gasteiger charge is -2.38. The average molecular weight is 488 g/mol. The molecule has 0 saturated carbocycles. The second kappa shape index (κ2) is 12.2. The first-order chi connectivity index (χ1) is 13.7. The Balaban J connectivity index is 0.00000240.